The van der Waals surface area contributed by atoms with Crippen molar-refractivity contribution < 1.29 is 0 Å². The Morgan fingerprint density at radius 2 is 2.37 bits per heavy atom. The maximum Gasteiger partial charge on any atom is 0.0522 e. The second-order valence-electron chi connectivity index (χ2n) is 6.16. The van der Waals surface area contributed by atoms with Crippen LogP contribution < -0.4 is 0 Å². The van der Waals surface area contributed by atoms with Crippen LogP contribution in [0.2, 0.25) is 0 Å². The summed E-state index contributed by atoms with van der Waals surface area (Å²) in [6.45, 7) is 4.88. The third-order valence-electron chi connectivity index (χ3n) is 4.76. The van der Waals surface area contributed by atoms with Crippen LogP contribution in [0.4, 0.5) is 0 Å². The minimum absolute atomic E-state index is 0.767. The molecular weight excluding hydrogens is 254 g/mol. The van der Waals surface area contributed by atoms with Crippen LogP contribution in [0.1, 0.15) is 31.0 Å². The molecule has 1 saturated heterocycles. The zero-order chi connectivity index (χ0) is 13.2. The summed E-state index contributed by atoms with van der Waals surface area (Å²) in [4.78, 5) is 2.77. The molecule has 2 aliphatic rings. The third-order valence-corrected chi connectivity index (χ3v) is 5.56. The smallest absolute Gasteiger partial charge is 0.0522 e. The van der Waals surface area contributed by atoms with Gasteiger partial charge in [-0.1, -0.05) is 6.92 Å². The van der Waals surface area contributed by atoms with Crippen LogP contribution in [-0.2, 0) is 12.8 Å². The molecule has 0 spiro atoms. The van der Waals surface area contributed by atoms with Crippen LogP contribution in [0, 0.1) is 11.8 Å². The lowest BCUT2D eigenvalue weighted by molar-refractivity contribution is 0.0558. The minimum atomic E-state index is 0.767. The van der Waals surface area contributed by atoms with Crippen molar-refractivity contribution in [3.8, 4) is 0 Å². The Hall–Kier alpha value is -0.480. The monoisotopic (exact) mass is 279 g/mol. The summed E-state index contributed by atoms with van der Waals surface area (Å²) in [5.74, 6) is 3.04. The fourth-order valence-corrected chi connectivity index (χ4v) is 4.73. The highest BCUT2D eigenvalue weighted by Crippen LogP contribution is 2.37. The Morgan fingerprint density at radius 3 is 3.16 bits per heavy atom. The van der Waals surface area contributed by atoms with E-state index in [0.29, 0.717) is 0 Å². The van der Waals surface area contributed by atoms with Crippen LogP contribution in [0.25, 0.3) is 0 Å². The predicted molar refractivity (Wildman–Crippen MR) is 81.6 cm³/mol. The number of rotatable bonds is 4. The summed E-state index contributed by atoms with van der Waals surface area (Å²) in [6, 6.07) is 0.767. The summed E-state index contributed by atoms with van der Waals surface area (Å²) in [5, 5.41) is 7.45. The van der Waals surface area contributed by atoms with E-state index < -0.39 is 0 Å². The average molecular weight is 279 g/mol. The summed E-state index contributed by atoms with van der Waals surface area (Å²) in [6.07, 6.45) is 9.39. The zero-order valence-electron chi connectivity index (χ0n) is 12.1. The first kappa shape index (κ1) is 13.5. The van der Waals surface area contributed by atoms with Crippen molar-refractivity contribution in [3.63, 3.8) is 0 Å². The molecule has 1 aromatic heterocycles. The van der Waals surface area contributed by atoms with Gasteiger partial charge < -0.3 is 0 Å². The number of hydrogen-bond donors (Lipinski definition) is 1. The van der Waals surface area contributed by atoms with Crippen molar-refractivity contribution in [2.45, 2.75) is 38.6 Å². The maximum absolute atomic E-state index is 4.24. The number of piperidine rings is 1. The molecule has 1 aliphatic carbocycles. The molecule has 1 N–H and O–H groups in total. The second-order valence-corrected chi connectivity index (χ2v) is 7.07. The van der Waals surface area contributed by atoms with Crippen molar-refractivity contribution in [1.82, 2.24) is 15.1 Å². The van der Waals surface area contributed by atoms with Gasteiger partial charge in [0.25, 0.3) is 0 Å². The number of aromatic amines is 1. The van der Waals surface area contributed by atoms with E-state index in [4.69, 9.17) is 0 Å². The van der Waals surface area contributed by atoms with Crippen molar-refractivity contribution in [3.05, 3.63) is 17.5 Å². The number of H-pyrrole nitrogens is 1. The molecule has 3 nitrogen and oxygen atoms in total. The van der Waals surface area contributed by atoms with Gasteiger partial charge in [0.15, 0.2) is 0 Å². The molecule has 1 aromatic rings. The molecule has 1 aliphatic heterocycles. The molecule has 3 rings (SSSR count). The zero-order valence-corrected chi connectivity index (χ0v) is 12.9. The molecule has 0 amide bonds. The van der Waals surface area contributed by atoms with Gasteiger partial charge in [-0.25, -0.2) is 0 Å². The molecule has 19 heavy (non-hydrogen) atoms. The summed E-state index contributed by atoms with van der Waals surface area (Å²) in [5.41, 5.74) is 2.87. The first-order valence-corrected chi connectivity index (χ1v) is 8.95. The van der Waals surface area contributed by atoms with E-state index in [-0.39, 0.29) is 0 Å². The van der Waals surface area contributed by atoms with Crippen LogP contribution >= 0.6 is 11.8 Å². The Balaban J connectivity index is 1.78. The van der Waals surface area contributed by atoms with Gasteiger partial charge >= 0.3 is 0 Å². The van der Waals surface area contributed by atoms with Crippen molar-refractivity contribution in [1.29, 1.82) is 0 Å². The molecule has 4 heteroatoms. The van der Waals surface area contributed by atoms with Gasteiger partial charge in [0.1, 0.15) is 0 Å². The molecule has 3 unspecified atom stereocenters. The van der Waals surface area contributed by atoms with Crippen molar-refractivity contribution in [2.75, 3.05) is 25.1 Å². The molecule has 2 heterocycles. The SMILES string of the molecule is CCCN1CC(CSC)CC2Cc3[nH]ncc3CC21. The third kappa shape index (κ3) is 2.70. The van der Waals surface area contributed by atoms with E-state index >= 15 is 0 Å². The number of nitrogens with one attached hydrogen (secondary N) is 1. The normalized spacial score (nSPS) is 30.9. The summed E-state index contributed by atoms with van der Waals surface area (Å²) >= 11 is 2.01. The first-order valence-electron chi connectivity index (χ1n) is 7.56. The average Bonchev–Trinajstić information content (AvgIpc) is 2.84. The minimum Gasteiger partial charge on any atom is -0.299 e. The van der Waals surface area contributed by atoms with Crippen molar-refractivity contribution in [2.24, 2.45) is 11.8 Å². The number of likely N-dealkylation sites (tertiary alicyclic amines) is 1. The molecule has 0 aromatic carbocycles. The predicted octanol–water partition coefficient (Wildman–Crippen LogP) is 2.59. The van der Waals surface area contributed by atoms with Crippen LogP contribution in [0.3, 0.4) is 0 Å². The van der Waals surface area contributed by atoms with Gasteiger partial charge in [0.2, 0.25) is 0 Å². The second kappa shape index (κ2) is 5.88. The standard InChI is InChI=1S/C15H25N3S/c1-3-4-18-9-11(10-19-2)5-12-6-14-13(7-15(12)18)8-16-17-14/h8,11-12,15H,3-7,9-10H2,1-2H3,(H,16,17). The molecule has 1 fully saturated rings. The lowest BCUT2D eigenvalue weighted by Crippen LogP contribution is -2.52. The number of nitrogens with zero attached hydrogens (tertiary/aromatic N) is 2. The molecule has 106 valence electrons. The van der Waals surface area contributed by atoms with Crippen LogP contribution in [0.5, 0.6) is 0 Å². The van der Waals surface area contributed by atoms with Crippen LogP contribution in [0.15, 0.2) is 6.20 Å². The van der Waals surface area contributed by atoms with Gasteiger partial charge in [0.05, 0.1) is 6.20 Å². The van der Waals surface area contributed by atoms with E-state index in [1.807, 2.05) is 18.0 Å². The molecule has 3 atom stereocenters. The van der Waals surface area contributed by atoms with Gasteiger partial charge in [-0.05, 0) is 61.6 Å². The number of fused-ring (bicyclic) bond motifs is 2. The van der Waals surface area contributed by atoms with E-state index in [1.54, 1.807) is 0 Å². The summed E-state index contributed by atoms with van der Waals surface area (Å²) in [7, 11) is 0. The fourth-order valence-electron chi connectivity index (χ4n) is 4.02. The highest BCUT2D eigenvalue weighted by atomic mass is 32.2. The lowest BCUT2D eigenvalue weighted by Gasteiger charge is -2.47. The van der Waals surface area contributed by atoms with Gasteiger partial charge in [-0.3, -0.25) is 10.00 Å². The fraction of sp³-hybridized carbons (Fsp3) is 0.800. The number of hydrogen-bond acceptors (Lipinski definition) is 3. The van der Waals surface area contributed by atoms with Gasteiger partial charge in [0, 0.05) is 18.3 Å². The topological polar surface area (TPSA) is 31.9 Å². The maximum atomic E-state index is 4.24. The van der Waals surface area contributed by atoms with E-state index in [9.17, 15) is 0 Å². The largest absolute Gasteiger partial charge is 0.299 e. The van der Waals surface area contributed by atoms with E-state index in [1.165, 1.54) is 55.8 Å². The molecule has 0 saturated carbocycles. The highest BCUT2D eigenvalue weighted by molar-refractivity contribution is 7.98. The van der Waals surface area contributed by atoms with E-state index in [0.717, 1.165) is 17.9 Å². The Morgan fingerprint density at radius 1 is 1.47 bits per heavy atom. The number of thioether (sulfide) groups is 1. The quantitative estimate of drug-likeness (QED) is 0.919. The van der Waals surface area contributed by atoms with Crippen molar-refractivity contribution >= 4 is 11.8 Å². The van der Waals surface area contributed by atoms with Gasteiger partial charge in [-0.2, -0.15) is 16.9 Å². The number of aromatic nitrogens is 2. The molecule has 0 radical (unpaired) electrons. The lowest BCUT2D eigenvalue weighted by atomic mass is 9.75. The summed E-state index contributed by atoms with van der Waals surface area (Å²) < 4.78 is 0. The Bertz CT molecular complexity index is 417. The Kier molecular flexibility index (Phi) is 4.18. The first-order chi connectivity index (χ1) is 9.31. The molecular formula is C15H25N3S. The van der Waals surface area contributed by atoms with E-state index in [2.05, 4.69) is 28.3 Å². The van der Waals surface area contributed by atoms with Gasteiger partial charge in [-0.15, -0.1) is 0 Å². The Labute approximate surface area is 120 Å². The van der Waals surface area contributed by atoms with Crippen LogP contribution in [-0.4, -0.2) is 46.2 Å². The molecule has 0 bridgehead atoms. The highest BCUT2D eigenvalue weighted by Gasteiger charge is 2.39.